The second kappa shape index (κ2) is 9.72. The number of aliphatic imine (C=N–C) groups is 1. The highest BCUT2D eigenvalue weighted by atomic mass is 16.5. The molecule has 0 aromatic carbocycles. The third-order valence-electron chi connectivity index (χ3n) is 6.19. The van der Waals surface area contributed by atoms with Gasteiger partial charge in [-0.1, -0.05) is 38.3 Å². The van der Waals surface area contributed by atoms with Crippen molar-refractivity contribution in [3.63, 3.8) is 0 Å². The number of nitrogens with zero attached hydrogens (tertiary/aromatic N) is 3. The lowest BCUT2D eigenvalue weighted by Gasteiger charge is -2.58. The average molecular weight is 392 g/mol. The van der Waals surface area contributed by atoms with E-state index in [1.807, 2.05) is 0 Å². The fraction of sp³-hybridized carbons (Fsp3) is 0.857. The molecule has 7 nitrogen and oxygen atoms in total. The Kier molecular flexibility index (Phi) is 7.32. The molecular formula is C21H37N5O2. The van der Waals surface area contributed by atoms with Crippen molar-refractivity contribution in [2.24, 2.45) is 10.4 Å². The summed E-state index contributed by atoms with van der Waals surface area (Å²) in [5, 5.41) is 11.1. The van der Waals surface area contributed by atoms with E-state index in [-0.39, 0.29) is 11.3 Å². The third kappa shape index (κ3) is 4.67. The van der Waals surface area contributed by atoms with E-state index in [1.165, 1.54) is 32.1 Å². The fourth-order valence-electron chi connectivity index (χ4n) is 4.62. The second-order valence-electron chi connectivity index (χ2n) is 8.38. The molecule has 1 heterocycles. The number of nitrogens with one attached hydrogen (secondary N) is 2. The van der Waals surface area contributed by atoms with Gasteiger partial charge in [-0.05, 0) is 33.1 Å². The van der Waals surface area contributed by atoms with Gasteiger partial charge in [0, 0.05) is 36.9 Å². The average Bonchev–Trinajstić information content (AvgIpc) is 3.17. The van der Waals surface area contributed by atoms with Crippen LogP contribution in [0.5, 0.6) is 0 Å². The lowest BCUT2D eigenvalue weighted by Crippen LogP contribution is -2.66. The molecule has 0 radical (unpaired) electrons. The summed E-state index contributed by atoms with van der Waals surface area (Å²) >= 11 is 0. The van der Waals surface area contributed by atoms with Gasteiger partial charge < -0.3 is 19.9 Å². The molecule has 2 N–H and O–H groups in total. The molecule has 2 saturated carbocycles. The molecule has 2 atom stereocenters. The Morgan fingerprint density at radius 1 is 1.29 bits per heavy atom. The van der Waals surface area contributed by atoms with Crippen molar-refractivity contribution in [3.05, 3.63) is 11.7 Å². The Morgan fingerprint density at radius 2 is 2.07 bits per heavy atom. The molecule has 2 aliphatic carbocycles. The molecule has 0 saturated heterocycles. The number of ether oxygens (including phenoxy) is 1. The zero-order valence-electron chi connectivity index (χ0n) is 18.0. The Hall–Kier alpha value is -1.63. The lowest BCUT2D eigenvalue weighted by atomic mass is 9.55. The van der Waals surface area contributed by atoms with Gasteiger partial charge in [0.15, 0.2) is 11.8 Å². The minimum atomic E-state index is 0.281. The maximum atomic E-state index is 6.08. The molecule has 1 aromatic heterocycles. The van der Waals surface area contributed by atoms with Crippen LogP contribution in [0.3, 0.4) is 0 Å². The predicted octanol–water partition coefficient (Wildman–Crippen LogP) is 3.42. The van der Waals surface area contributed by atoms with E-state index in [4.69, 9.17) is 14.3 Å². The van der Waals surface area contributed by atoms with Crippen LogP contribution in [-0.4, -0.2) is 47.9 Å². The van der Waals surface area contributed by atoms with Gasteiger partial charge in [-0.3, -0.25) is 4.99 Å². The highest BCUT2D eigenvalue weighted by Gasteiger charge is 2.55. The number of rotatable bonds is 8. The molecule has 3 rings (SSSR count). The monoisotopic (exact) mass is 391 g/mol. The van der Waals surface area contributed by atoms with Crippen molar-refractivity contribution in [2.45, 2.75) is 90.7 Å². The molecule has 2 aliphatic rings. The van der Waals surface area contributed by atoms with Crippen molar-refractivity contribution in [1.82, 2.24) is 20.8 Å². The minimum absolute atomic E-state index is 0.281. The molecule has 2 fully saturated rings. The second-order valence-corrected chi connectivity index (χ2v) is 8.38. The molecule has 0 aliphatic heterocycles. The van der Waals surface area contributed by atoms with Crippen molar-refractivity contribution < 1.29 is 9.26 Å². The van der Waals surface area contributed by atoms with Gasteiger partial charge in [0.05, 0.1) is 12.6 Å². The molecular weight excluding hydrogens is 354 g/mol. The van der Waals surface area contributed by atoms with Gasteiger partial charge in [-0.25, -0.2) is 0 Å². The molecule has 0 amide bonds. The van der Waals surface area contributed by atoms with Crippen LogP contribution in [0.25, 0.3) is 0 Å². The Bertz CT molecular complexity index is 636. The number of guanidine groups is 1. The molecule has 1 spiro atoms. The summed E-state index contributed by atoms with van der Waals surface area (Å²) in [5.74, 6) is 2.59. The van der Waals surface area contributed by atoms with E-state index in [2.05, 4.69) is 48.5 Å². The summed E-state index contributed by atoms with van der Waals surface area (Å²) < 4.78 is 11.4. The molecule has 2 unspecified atom stereocenters. The van der Waals surface area contributed by atoms with Crippen molar-refractivity contribution >= 4 is 5.96 Å². The first-order chi connectivity index (χ1) is 13.6. The van der Waals surface area contributed by atoms with Crippen LogP contribution >= 0.6 is 0 Å². The summed E-state index contributed by atoms with van der Waals surface area (Å²) in [6.07, 6.45) is 8.61. The zero-order valence-corrected chi connectivity index (χ0v) is 18.0. The fourth-order valence-corrected chi connectivity index (χ4v) is 4.62. The summed E-state index contributed by atoms with van der Waals surface area (Å²) in [5.41, 5.74) is 0.281. The van der Waals surface area contributed by atoms with Crippen LogP contribution in [0.4, 0.5) is 0 Å². The van der Waals surface area contributed by atoms with E-state index in [9.17, 15) is 0 Å². The van der Waals surface area contributed by atoms with Gasteiger partial charge in [-0.2, -0.15) is 4.98 Å². The van der Waals surface area contributed by atoms with Gasteiger partial charge >= 0.3 is 0 Å². The maximum Gasteiger partial charge on any atom is 0.228 e. The summed E-state index contributed by atoms with van der Waals surface area (Å²) in [6, 6.07) is 0.443. The Balaban J connectivity index is 1.59. The van der Waals surface area contributed by atoms with Crippen LogP contribution < -0.4 is 10.6 Å². The smallest absolute Gasteiger partial charge is 0.228 e. The first-order valence-electron chi connectivity index (χ1n) is 11.1. The van der Waals surface area contributed by atoms with Crippen molar-refractivity contribution in [2.75, 3.05) is 19.7 Å². The van der Waals surface area contributed by atoms with E-state index in [0.717, 1.165) is 31.4 Å². The lowest BCUT2D eigenvalue weighted by molar-refractivity contribution is -0.145. The van der Waals surface area contributed by atoms with Gasteiger partial charge in [0.2, 0.25) is 5.89 Å². The van der Waals surface area contributed by atoms with E-state index in [0.29, 0.717) is 31.0 Å². The van der Waals surface area contributed by atoms with Crippen molar-refractivity contribution in [1.29, 1.82) is 0 Å². The molecule has 158 valence electrons. The van der Waals surface area contributed by atoms with Gasteiger partial charge in [-0.15, -0.1) is 0 Å². The third-order valence-corrected chi connectivity index (χ3v) is 6.19. The summed E-state index contributed by atoms with van der Waals surface area (Å²) in [6.45, 7) is 10.6. The quantitative estimate of drug-likeness (QED) is 0.522. The van der Waals surface area contributed by atoms with E-state index >= 15 is 0 Å². The molecule has 7 heteroatoms. The minimum Gasteiger partial charge on any atom is -0.378 e. The van der Waals surface area contributed by atoms with Crippen LogP contribution in [0, 0.1) is 5.41 Å². The number of hydrogen-bond donors (Lipinski definition) is 2. The Labute approximate surface area is 169 Å². The SMILES string of the molecule is CCNC(=NCCc1nc(C(C)C)no1)NC1CC(OCC)C12CCCCC2. The standard InChI is InChI=1S/C21H37N5O2/c1-5-22-20(23-13-10-18-25-19(15(3)4)26-28-18)24-16-14-17(27-6-2)21(16)11-8-7-9-12-21/h15-17H,5-14H2,1-4H3,(H2,22,23,24). The van der Waals surface area contributed by atoms with Gasteiger partial charge in [0.25, 0.3) is 0 Å². The number of aromatic nitrogens is 2. The molecule has 28 heavy (non-hydrogen) atoms. The van der Waals surface area contributed by atoms with E-state index in [1.54, 1.807) is 0 Å². The first-order valence-corrected chi connectivity index (χ1v) is 11.1. The summed E-state index contributed by atoms with van der Waals surface area (Å²) in [7, 11) is 0. The molecule has 1 aromatic rings. The van der Waals surface area contributed by atoms with Crippen LogP contribution in [0.2, 0.25) is 0 Å². The molecule has 0 bridgehead atoms. The van der Waals surface area contributed by atoms with Crippen LogP contribution in [0.15, 0.2) is 9.52 Å². The Morgan fingerprint density at radius 3 is 2.71 bits per heavy atom. The van der Waals surface area contributed by atoms with Gasteiger partial charge in [0.1, 0.15) is 0 Å². The summed E-state index contributed by atoms with van der Waals surface area (Å²) in [4.78, 5) is 9.19. The zero-order chi connectivity index (χ0) is 20.0. The predicted molar refractivity (Wildman–Crippen MR) is 111 cm³/mol. The topological polar surface area (TPSA) is 84.6 Å². The number of hydrogen-bond acceptors (Lipinski definition) is 5. The maximum absolute atomic E-state index is 6.08. The first kappa shape index (κ1) is 21.1. The highest BCUT2D eigenvalue weighted by Crippen LogP contribution is 2.53. The van der Waals surface area contributed by atoms with Crippen molar-refractivity contribution in [3.8, 4) is 0 Å². The largest absolute Gasteiger partial charge is 0.378 e. The normalized spacial score (nSPS) is 24.4. The van der Waals surface area contributed by atoms with Crippen LogP contribution in [-0.2, 0) is 11.2 Å². The highest BCUT2D eigenvalue weighted by molar-refractivity contribution is 5.80. The van der Waals surface area contributed by atoms with Crippen LogP contribution in [0.1, 0.15) is 83.9 Å². The van der Waals surface area contributed by atoms with E-state index < -0.39 is 0 Å².